The van der Waals surface area contributed by atoms with E-state index < -0.39 is 6.04 Å². The average molecular weight is 425 g/mol. The normalized spacial score (nSPS) is 19.8. The number of aryl methyl sites for hydroxylation is 1. The maximum absolute atomic E-state index is 13.6. The average Bonchev–Trinajstić information content (AvgIpc) is 3.18. The van der Waals surface area contributed by atoms with Gasteiger partial charge in [-0.1, -0.05) is 31.2 Å². The molecular formula is C24H29FN4O2. The van der Waals surface area contributed by atoms with Crippen molar-refractivity contribution in [3.8, 4) is 0 Å². The lowest BCUT2D eigenvalue weighted by molar-refractivity contribution is 0.117. The minimum absolute atomic E-state index is 0.0534. The molecule has 7 heteroatoms. The number of aliphatic hydroxyl groups is 1. The van der Waals surface area contributed by atoms with E-state index in [0.29, 0.717) is 30.6 Å². The molecule has 1 heterocycles. The van der Waals surface area contributed by atoms with E-state index in [-0.39, 0.29) is 24.0 Å². The third-order valence-corrected chi connectivity index (χ3v) is 6.00. The first kappa shape index (κ1) is 21.3. The van der Waals surface area contributed by atoms with Crippen LogP contribution in [0.4, 0.5) is 9.18 Å². The summed E-state index contributed by atoms with van der Waals surface area (Å²) in [5.74, 6) is 0.247. The van der Waals surface area contributed by atoms with Gasteiger partial charge in [-0.25, -0.2) is 14.2 Å². The molecule has 0 bridgehead atoms. The number of carbonyl (C=O) groups is 1. The summed E-state index contributed by atoms with van der Waals surface area (Å²) in [6, 6.07) is 12.1. The zero-order chi connectivity index (χ0) is 21.8. The van der Waals surface area contributed by atoms with E-state index in [0.717, 1.165) is 30.3 Å². The molecule has 1 atom stereocenters. The number of imidazole rings is 1. The quantitative estimate of drug-likeness (QED) is 0.479. The van der Waals surface area contributed by atoms with E-state index in [1.165, 1.54) is 17.7 Å². The molecule has 1 fully saturated rings. The van der Waals surface area contributed by atoms with Gasteiger partial charge in [0, 0.05) is 12.1 Å². The first-order valence-electron chi connectivity index (χ1n) is 11.0. The zero-order valence-electron chi connectivity index (χ0n) is 17.7. The number of aromatic nitrogens is 2. The monoisotopic (exact) mass is 424 g/mol. The molecule has 1 saturated carbocycles. The number of urea groups is 1. The summed E-state index contributed by atoms with van der Waals surface area (Å²) in [5.41, 5.74) is 3.59. The highest BCUT2D eigenvalue weighted by Crippen LogP contribution is 2.22. The van der Waals surface area contributed by atoms with Crippen LogP contribution in [0.15, 0.2) is 42.5 Å². The Balaban J connectivity index is 1.52. The minimum Gasteiger partial charge on any atom is -0.393 e. The topological polar surface area (TPSA) is 90.0 Å². The number of halogens is 1. The molecule has 2 amide bonds. The molecule has 4 rings (SSSR count). The van der Waals surface area contributed by atoms with E-state index in [9.17, 15) is 14.3 Å². The number of fused-ring (bicyclic) bond motifs is 1. The molecule has 164 valence electrons. The van der Waals surface area contributed by atoms with Gasteiger partial charge in [0.2, 0.25) is 0 Å². The predicted octanol–water partition coefficient (Wildman–Crippen LogP) is 4.15. The number of nitrogens with one attached hydrogen (secondary N) is 3. The summed E-state index contributed by atoms with van der Waals surface area (Å²) >= 11 is 0. The van der Waals surface area contributed by atoms with E-state index in [1.807, 2.05) is 0 Å². The number of carbonyl (C=O) groups excluding carboxylic acids is 1. The van der Waals surface area contributed by atoms with Gasteiger partial charge in [0.15, 0.2) is 0 Å². The van der Waals surface area contributed by atoms with Gasteiger partial charge in [-0.15, -0.1) is 0 Å². The molecule has 0 unspecified atom stereocenters. The minimum atomic E-state index is -0.392. The fraction of sp³-hybridized carbons (Fsp3) is 0.417. The van der Waals surface area contributed by atoms with Gasteiger partial charge in [0.25, 0.3) is 0 Å². The summed E-state index contributed by atoms with van der Waals surface area (Å²) < 4.78 is 13.6. The van der Waals surface area contributed by atoms with Gasteiger partial charge in [0.05, 0.1) is 23.2 Å². The number of hydrogen-bond acceptors (Lipinski definition) is 3. The molecule has 2 aromatic carbocycles. The molecule has 0 aliphatic heterocycles. The van der Waals surface area contributed by atoms with Gasteiger partial charge in [-0.05, 0) is 61.8 Å². The van der Waals surface area contributed by atoms with Crippen molar-refractivity contribution in [3.05, 3.63) is 65.2 Å². The Morgan fingerprint density at radius 3 is 2.58 bits per heavy atom. The van der Waals surface area contributed by atoms with Crippen molar-refractivity contribution < 1.29 is 14.3 Å². The zero-order valence-corrected chi connectivity index (χ0v) is 17.7. The Bertz CT molecular complexity index is 1030. The smallest absolute Gasteiger partial charge is 0.315 e. The summed E-state index contributed by atoms with van der Waals surface area (Å²) in [5, 5.41) is 15.7. The van der Waals surface area contributed by atoms with Crippen molar-refractivity contribution in [2.24, 2.45) is 0 Å². The first-order valence-corrected chi connectivity index (χ1v) is 11.0. The van der Waals surface area contributed by atoms with Gasteiger partial charge in [-0.3, -0.25) is 0 Å². The lowest BCUT2D eigenvalue weighted by Gasteiger charge is -2.27. The van der Waals surface area contributed by atoms with Crippen LogP contribution in [-0.2, 0) is 12.8 Å². The highest BCUT2D eigenvalue weighted by Gasteiger charge is 2.24. The van der Waals surface area contributed by atoms with Gasteiger partial charge in [-0.2, -0.15) is 0 Å². The Morgan fingerprint density at radius 1 is 1.16 bits per heavy atom. The SMILES string of the molecule is CCc1ccc(C[C@@H](NC(=O)N[C@H]2CC[C@H](O)CC2)c2nc3cc(F)ccc3[nH]2)cc1. The van der Waals surface area contributed by atoms with Crippen molar-refractivity contribution >= 4 is 17.1 Å². The van der Waals surface area contributed by atoms with Crippen LogP contribution in [0.1, 0.15) is 55.6 Å². The van der Waals surface area contributed by atoms with Crippen LogP contribution in [0.3, 0.4) is 0 Å². The van der Waals surface area contributed by atoms with Crippen molar-refractivity contribution in [2.75, 3.05) is 0 Å². The Morgan fingerprint density at radius 2 is 1.87 bits per heavy atom. The molecule has 3 aromatic rings. The van der Waals surface area contributed by atoms with Crippen LogP contribution in [0.2, 0.25) is 0 Å². The Labute approximate surface area is 181 Å². The second-order valence-electron chi connectivity index (χ2n) is 8.33. The molecule has 0 saturated heterocycles. The fourth-order valence-corrected chi connectivity index (χ4v) is 4.13. The summed E-state index contributed by atoms with van der Waals surface area (Å²) in [4.78, 5) is 20.5. The molecule has 0 radical (unpaired) electrons. The van der Waals surface area contributed by atoms with E-state index in [1.54, 1.807) is 6.07 Å². The highest BCUT2D eigenvalue weighted by atomic mass is 19.1. The van der Waals surface area contributed by atoms with E-state index >= 15 is 0 Å². The van der Waals surface area contributed by atoms with Crippen LogP contribution in [0.25, 0.3) is 11.0 Å². The summed E-state index contributed by atoms with van der Waals surface area (Å²) in [7, 11) is 0. The van der Waals surface area contributed by atoms with Crippen LogP contribution < -0.4 is 10.6 Å². The van der Waals surface area contributed by atoms with Crippen molar-refractivity contribution in [1.29, 1.82) is 0 Å². The first-order chi connectivity index (χ1) is 15.0. The second kappa shape index (κ2) is 9.47. The Kier molecular flexibility index (Phi) is 6.51. The summed E-state index contributed by atoms with van der Waals surface area (Å²) in [6.07, 6.45) is 4.19. The number of rotatable bonds is 6. The Hall–Kier alpha value is -2.93. The molecule has 0 spiro atoms. The lowest BCUT2D eigenvalue weighted by atomic mass is 9.93. The summed E-state index contributed by atoms with van der Waals surface area (Å²) in [6.45, 7) is 2.11. The largest absolute Gasteiger partial charge is 0.393 e. The number of aromatic amines is 1. The third-order valence-electron chi connectivity index (χ3n) is 6.00. The van der Waals surface area contributed by atoms with Gasteiger partial charge >= 0.3 is 6.03 Å². The van der Waals surface area contributed by atoms with Crippen molar-refractivity contribution in [3.63, 3.8) is 0 Å². The number of aliphatic hydroxyl groups excluding tert-OH is 1. The number of hydrogen-bond donors (Lipinski definition) is 4. The van der Waals surface area contributed by atoms with Gasteiger partial charge in [0.1, 0.15) is 11.6 Å². The maximum atomic E-state index is 13.6. The molecule has 31 heavy (non-hydrogen) atoms. The lowest BCUT2D eigenvalue weighted by Crippen LogP contribution is -2.45. The van der Waals surface area contributed by atoms with E-state index in [4.69, 9.17) is 0 Å². The third kappa shape index (κ3) is 5.41. The van der Waals surface area contributed by atoms with E-state index in [2.05, 4.69) is 51.8 Å². The molecule has 1 aliphatic carbocycles. The number of benzene rings is 2. The van der Waals surface area contributed by atoms with Crippen LogP contribution >= 0.6 is 0 Å². The molecule has 1 aliphatic rings. The van der Waals surface area contributed by atoms with Crippen LogP contribution in [0, 0.1) is 5.82 Å². The molecule has 6 nitrogen and oxygen atoms in total. The second-order valence-corrected chi connectivity index (χ2v) is 8.33. The molecule has 1 aromatic heterocycles. The molecule has 4 N–H and O–H groups in total. The standard InChI is InChI=1S/C24H29FN4O2/c1-2-15-3-5-16(6-4-15)13-22(23-27-20-12-7-17(25)14-21(20)28-23)29-24(31)26-18-8-10-19(30)11-9-18/h3-7,12,14,18-19,22,30H,2,8-11,13H2,1H3,(H,27,28)(H2,26,29,31)/t18-,19-,22-/m1/s1. The number of H-pyrrole nitrogens is 1. The van der Waals surface area contributed by atoms with Crippen molar-refractivity contribution in [1.82, 2.24) is 20.6 Å². The highest BCUT2D eigenvalue weighted by molar-refractivity contribution is 5.76. The fourth-order valence-electron chi connectivity index (χ4n) is 4.13. The van der Waals surface area contributed by atoms with Crippen molar-refractivity contribution in [2.45, 2.75) is 63.6 Å². The maximum Gasteiger partial charge on any atom is 0.315 e. The van der Waals surface area contributed by atoms with Crippen LogP contribution in [-0.4, -0.2) is 33.3 Å². The number of amides is 2. The number of nitrogens with zero attached hydrogens (tertiary/aromatic N) is 1. The molecular weight excluding hydrogens is 395 g/mol. The van der Waals surface area contributed by atoms with Gasteiger partial charge < -0.3 is 20.7 Å². The predicted molar refractivity (Wildman–Crippen MR) is 118 cm³/mol. The van der Waals surface area contributed by atoms with Crippen LogP contribution in [0.5, 0.6) is 0 Å².